The molecule has 0 saturated heterocycles. The predicted octanol–water partition coefficient (Wildman–Crippen LogP) is 6.79. The average Bonchev–Trinajstić information content (AvgIpc) is 2.99. The van der Waals surface area contributed by atoms with E-state index in [1.807, 2.05) is 37.4 Å². The van der Waals surface area contributed by atoms with E-state index < -0.39 is 19.2 Å². The molecule has 0 saturated carbocycles. The van der Waals surface area contributed by atoms with Gasteiger partial charge in [-0.05, 0) is 0 Å². The Morgan fingerprint density at radius 3 is 2.54 bits per heavy atom. The van der Waals surface area contributed by atoms with Crippen LogP contribution in [0.2, 0.25) is 17.3 Å². The van der Waals surface area contributed by atoms with Crippen molar-refractivity contribution in [3.63, 3.8) is 0 Å². The first-order valence-corrected chi connectivity index (χ1v) is 17.2. The Morgan fingerprint density at radius 1 is 1.04 bits per heavy atom. The first-order valence-electron chi connectivity index (χ1n) is 9.58. The molecule has 0 spiro atoms. The van der Waals surface area contributed by atoms with Crippen molar-refractivity contribution in [2.75, 3.05) is 0 Å². The van der Waals surface area contributed by atoms with Gasteiger partial charge in [0.2, 0.25) is 0 Å². The normalized spacial score (nSPS) is 13.3. The van der Waals surface area contributed by atoms with Crippen molar-refractivity contribution < 1.29 is 1.37 Å². The van der Waals surface area contributed by atoms with Gasteiger partial charge in [0.25, 0.3) is 0 Å². The van der Waals surface area contributed by atoms with Gasteiger partial charge in [0, 0.05) is 0 Å². The minimum atomic E-state index is -2.03. The Balaban J connectivity index is 2.07. The Kier molecular flexibility index (Phi) is 4.13. The van der Waals surface area contributed by atoms with Crippen LogP contribution in [-0.2, 0) is 0 Å². The molecular weight excluding hydrogens is 395 g/mol. The van der Waals surface area contributed by atoms with E-state index in [1.165, 1.54) is 25.7 Å². The molecule has 0 aliphatic heterocycles. The number of fused-ring (bicyclic) bond motifs is 3. The molecule has 0 fully saturated rings. The summed E-state index contributed by atoms with van der Waals surface area (Å²) in [4.78, 5) is 4.67. The van der Waals surface area contributed by atoms with Crippen LogP contribution in [0.5, 0.6) is 0 Å². The monoisotopic (exact) mass is 422 g/mol. The van der Waals surface area contributed by atoms with Gasteiger partial charge in [-0.2, -0.15) is 0 Å². The molecule has 26 heavy (non-hydrogen) atoms. The molecule has 0 amide bonds. The zero-order valence-electron chi connectivity index (χ0n) is 17.1. The van der Waals surface area contributed by atoms with E-state index in [1.54, 1.807) is 4.40 Å². The summed E-state index contributed by atoms with van der Waals surface area (Å²) in [6.07, 6.45) is 1.84. The first-order chi connectivity index (χ1) is 12.7. The summed E-state index contributed by atoms with van der Waals surface area (Å²) in [5, 5.41) is 2.80. The number of aromatic nitrogens is 1. The Morgan fingerprint density at radius 2 is 1.81 bits per heavy atom. The third-order valence-electron chi connectivity index (χ3n) is 4.95. The summed E-state index contributed by atoms with van der Waals surface area (Å²) in [5.74, 6) is 6.75. The number of thiophene rings is 1. The molecule has 0 aliphatic rings. The van der Waals surface area contributed by atoms with Gasteiger partial charge in [0.05, 0.1) is 0 Å². The van der Waals surface area contributed by atoms with E-state index in [0.29, 0.717) is 0 Å². The number of hydrogen-bond acceptors (Lipinski definition) is 2. The molecular formula is C23H25GeNS. The molecule has 132 valence electrons. The topological polar surface area (TPSA) is 12.9 Å². The second-order valence-electron chi connectivity index (χ2n) is 8.14. The molecule has 0 aliphatic carbocycles. The number of rotatable bonds is 3. The molecule has 1 nitrogen and oxygen atoms in total. The van der Waals surface area contributed by atoms with Gasteiger partial charge in [-0.3, -0.25) is 0 Å². The van der Waals surface area contributed by atoms with Gasteiger partial charge in [-0.15, -0.1) is 0 Å². The van der Waals surface area contributed by atoms with Gasteiger partial charge in [-0.1, -0.05) is 0 Å². The molecule has 0 atom stereocenters. The molecule has 0 N–H and O–H groups in total. The Labute approximate surface area is 163 Å². The van der Waals surface area contributed by atoms with Crippen molar-refractivity contribution in [1.29, 1.82) is 0 Å². The molecule has 0 unspecified atom stereocenters. The summed E-state index contributed by atoms with van der Waals surface area (Å²) in [7, 11) is 0. The van der Waals surface area contributed by atoms with Crippen LogP contribution in [0.1, 0.15) is 26.7 Å². The van der Waals surface area contributed by atoms with E-state index in [2.05, 4.69) is 64.7 Å². The minimum absolute atomic E-state index is 0.627. The molecule has 2 aromatic heterocycles. The van der Waals surface area contributed by atoms with Crippen LogP contribution in [-0.4, -0.2) is 18.3 Å². The molecule has 0 radical (unpaired) electrons. The van der Waals surface area contributed by atoms with Crippen molar-refractivity contribution in [3.8, 4) is 11.3 Å². The third kappa shape index (κ3) is 2.99. The zero-order valence-corrected chi connectivity index (χ0v) is 19.0. The van der Waals surface area contributed by atoms with Gasteiger partial charge in [0.1, 0.15) is 0 Å². The molecule has 2 heterocycles. The van der Waals surface area contributed by atoms with Gasteiger partial charge in [-0.25, -0.2) is 0 Å². The van der Waals surface area contributed by atoms with E-state index in [0.717, 1.165) is 11.3 Å². The second-order valence-corrected chi connectivity index (χ2v) is 19.8. The number of nitrogens with zero attached hydrogens (tertiary/aromatic N) is 1. The van der Waals surface area contributed by atoms with Crippen LogP contribution < -0.4 is 4.40 Å². The van der Waals surface area contributed by atoms with Crippen LogP contribution in [0.4, 0.5) is 0 Å². The summed E-state index contributed by atoms with van der Waals surface area (Å²) in [5.41, 5.74) is 3.16. The fraction of sp³-hybridized carbons (Fsp3) is 0.261. The maximum absolute atomic E-state index is 8.38. The Bertz CT molecular complexity index is 1150. The van der Waals surface area contributed by atoms with Crippen LogP contribution in [0, 0.1) is 0 Å². The van der Waals surface area contributed by atoms with Crippen LogP contribution in [0.3, 0.4) is 0 Å². The standard InChI is InChI=1S/C23H25GeNS/c1-15(2)16-12-13-25-20(14-16)17-10-11-19(24(3,4)5)22-18-8-6-7-9-21(18)26-23(17)22/h6-15H,1-5H3/i15D. The van der Waals surface area contributed by atoms with E-state index >= 15 is 0 Å². The van der Waals surface area contributed by atoms with Crippen molar-refractivity contribution >= 4 is 49.2 Å². The van der Waals surface area contributed by atoms with Crippen molar-refractivity contribution in [2.45, 2.75) is 37.0 Å². The Hall–Kier alpha value is -1.65. The van der Waals surface area contributed by atoms with Crippen LogP contribution in [0.25, 0.3) is 31.4 Å². The maximum atomic E-state index is 8.38. The molecule has 2 aromatic carbocycles. The number of hydrogen-bond donors (Lipinski definition) is 0. The summed E-state index contributed by atoms with van der Waals surface area (Å²) >= 11 is -0.162. The van der Waals surface area contributed by atoms with Crippen molar-refractivity contribution in [3.05, 3.63) is 60.3 Å². The van der Waals surface area contributed by atoms with Gasteiger partial charge >= 0.3 is 164 Å². The predicted molar refractivity (Wildman–Crippen MR) is 120 cm³/mol. The van der Waals surface area contributed by atoms with E-state index in [4.69, 9.17) is 1.37 Å². The average molecular weight is 421 g/mol. The van der Waals surface area contributed by atoms with Crippen molar-refractivity contribution in [2.24, 2.45) is 0 Å². The third-order valence-corrected chi connectivity index (χ3v) is 10.4. The second kappa shape index (κ2) is 6.50. The molecule has 3 heteroatoms. The fourth-order valence-corrected chi connectivity index (χ4v) is 8.33. The first kappa shape index (κ1) is 16.5. The quantitative estimate of drug-likeness (QED) is 0.332. The summed E-state index contributed by atoms with van der Waals surface area (Å²) < 4.78 is 12.6. The van der Waals surface area contributed by atoms with Gasteiger partial charge in [0.15, 0.2) is 0 Å². The SMILES string of the molecule is [2H]C(C)(C)c1ccnc(-c2cc[c]([Ge]([CH3])([CH3])[CH3])c3c2sc2ccccc23)c1. The summed E-state index contributed by atoms with van der Waals surface area (Å²) in [6.45, 7) is 3.86. The molecule has 4 rings (SSSR count). The van der Waals surface area contributed by atoms with Crippen LogP contribution in [0.15, 0.2) is 54.7 Å². The number of benzene rings is 2. The van der Waals surface area contributed by atoms with Gasteiger partial charge < -0.3 is 0 Å². The number of pyridine rings is 1. The molecule has 4 aromatic rings. The van der Waals surface area contributed by atoms with Crippen molar-refractivity contribution in [1.82, 2.24) is 4.98 Å². The molecule has 0 bridgehead atoms. The zero-order chi connectivity index (χ0) is 19.4. The van der Waals surface area contributed by atoms with Crippen LogP contribution >= 0.6 is 11.3 Å². The van der Waals surface area contributed by atoms with E-state index in [-0.39, 0.29) is 0 Å². The fourth-order valence-electron chi connectivity index (χ4n) is 3.54. The summed E-state index contributed by atoms with van der Waals surface area (Å²) in [6, 6.07) is 17.4. The van der Waals surface area contributed by atoms with E-state index in [9.17, 15) is 0 Å².